The smallest absolute Gasteiger partial charge is 0.759 e. The number of nitrogen functional groups attached to an aromatic ring is 2. The molecular weight excluding hydrogens is 682 g/mol. The van der Waals surface area contributed by atoms with Crippen LogP contribution in [0.1, 0.15) is 0 Å². The van der Waals surface area contributed by atoms with Crippen LogP contribution in [-0.2, 0) is 109 Å². The summed E-state index contributed by atoms with van der Waals surface area (Å²) < 4.78 is 68.2. The molecule has 0 aliphatic carbocycles. The molecule has 30 heteroatoms. The van der Waals surface area contributed by atoms with Gasteiger partial charge in [0.2, 0.25) is 0 Å². The summed E-state index contributed by atoms with van der Waals surface area (Å²) in [6, 6.07) is 0. The maximum absolute atomic E-state index is 8.52. The average Bonchev–Trinajstić information content (AvgIpc) is 2.37. The molecule has 246 valence electrons. The predicted octanol–water partition coefficient (Wildman–Crippen LogP) is -13.4. The average molecular weight is 726 g/mol. The van der Waals surface area contributed by atoms with Gasteiger partial charge >= 0.3 is 33.6 Å². The number of rotatable bonds is 0. The van der Waals surface area contributed by atoms with Gasteiger partial charge < -0.3 is 95.4 Å². The molecule has 38 N–H and O–H groups in total. The normalized spacial score (nSPS) is 6.21. The van der Waals surface area contributed by atoms with Crippen LogP contribution in [0.25, 0.3) is 0 Å². The molecule has 0 aliphatic rings. The molecular formula is C8H44Co2N6O20S2+10. The zero-order valence-electron chi connectivity index (χ0n) is 18.9. The van der Waals surface area contributed by atoms with Crippen LogP contribution in [-0.4, -0.2) is 65.9 Å². The number of aromatic nitrogens is 4. The minimum Gasteiger partial charge on any atom is -0.759 e. The third-order valence-electron chi connectivity index (χ3n) is 1.17. The van der Waals surface area contributed by atoms with Crippen LogP contribution < -0.4 is 11.5 Å². The van der Waals surface area contributed by atoms with Crippen molar-refractivity contribution >= 4 is 32.4 Å². The molecule has 2 rings (SSSR count). The predicted molar refractivity (Wildman–Crippen MR) is 130 cm³/mol. The van der Waals surface area contributed by atoms with Crippen molar-refractivity contribution in [3.05, 3.63) is 37.2 Å². The fraction of sp³-hybridized carbons (Fsp3) is 0. The number of hydrogen-bond donors (Lipinski definition) is 2. The Labute approximate surface area is 235 Å². The second-order valence-electron chi connectivity index (χ2n) is 3.08. The van der Waals surface area contributed by atoms with E-state index in [1.807, 2.05) is 0 Å². The van der Waals surface area contributed by atoms with Gasteiger partial charge in [0.1, 0.15) is 11.6 Å². The Hall–Kier alpha value is -1.97. The van der Waals surface area contributed by atoms with E-state index in [1.165, 1.54) is 12.4 Å². The molecule has 38 heavy (non-hydrogen) atoms. The van der Waals surface area contributed by atoms with Crippen molar-refractivity contribution in [3.8, 4) is 0 Å². The van der Waals surface area contributed by atoms with E-state index in [0.29, 0.717) is 11.6 Å². The zero-order chi connectivity index (χ0) is 19.2. The van der Waals surface area contributed by atoms with Crippen LogP contribution in [0.3, 0.4) is 0 Å². The standard InChI is InChI=1S/2C4H5N3.2Co.2H2O4S.12H2O/c2*5-4-3-6-1-2-7-4;;;2*1-5(2,3)4;;;;;;;;;;;;/h2*1-3H,(H2,5,7);;;2*(H2,1,2,3,4);12*1H2/q;;2*+2;;;;;;;;;;;;;;/p+6. The van der Waals surface area contributed by atoms with E-state index in [4.69, 9.17) is 46.5 Å². The van der Waals surface area contributed by atoms with E-state index < -0.39 is 20.8 Å². The Kier molecular flexibility index (Phi) is 174. The Balaban J connectivity index is -0.0000000109. The summed E-state index contributed by atoms with van der Waals surface area (Å²) in [5, 5.41) is 0. The van der Waals surface area contributed by atoms with Crippen LogP contribution in [0.4, 0.5) is 11.6 Å². The van der Waals surface area contributed by atoms with E-state index in [-0.39, 0.29) is 99.3 Å². The monoisotopic (exact) mass is 726 g/mol. The molecule has 2 radical (unpaired) electrons. The number of hydrogen-bond acceptors (Lipinski definition) is 14. The summed E-state index contributed by atoms with van der Waals surface area (Å²) in [6.07, 6.45) is 9.26. The molecule has 0 amide bonds. The van der Waals surface area contributed by atoms with Crippen LogP contribution in [0.2, 0.25) is 0 Å². The molecule has 0 bridgehead atoms. The van der Waals surface area contributed by atoms with Crippen molar-refractivity contribution < 1.29 is 134 Å². The molecule has 0 fully saturated rings. The first-order valence-electron chi connectivity index (χ1n) is 5.15. The van der Waals surface area contributed by atoms with Gasteiger partial charge in [-0.1, -0.05) is 0 Å². The summed E-state index contributed by atoms with van der Waals surface area (Å²) in [5.74, 6) is 0.921. The number of nitrogens with zero attached hydrogens (tertiary/aromatic N) is 4. The second kappa shape index (κ2) is 59.9. The molecule has 0 saturated heterocycles. The van der Waals surface area contributed by atoms with Gasteiger partial charge in [0.05, 0.1) is 12.4 Å². The molecule has 2 aromatic rings. The van der Waals surface area contributed by atoms with Crippen molar-refractivity contribution in [2.45, 2.75) is 0 Å². The maximum atomic E-state index is 8.52. The number of anilines is 2. The Bertz CT molecular complexity index is 697. The molecule has 0 aliphatic heterocycles. The fourth-order valence-corrected chi connectivity index (χ4v) is 0.621. The molecule has 0 atom stereocenters. The minimum absolute atomic E-state index is 0. The van der Waals surface area contributed by atoms with Crippen molar-refractivity contribution in [2.24, 2.45) is 0 Å². The van der Waals surface area contributed by atoms with E-state index in [0.717, 1.165) is 0 Å². The zero-order valence-corrected chi connectivity index (χ0v) is 22.6. The van der Waals surface area contributed by atoms with Gasteiger partial charge in [-0.15, -0.1) is 0 Å². The molecule has 2 aromatic heterocycles. The number of nitrogens with two attached hydrogens (primary N) is 2. The Morgan fingerprint density at radius 3 is 0.711 bits per heavy atom. The molecule has 0 saturated carbocycles. The van der Waals surface area contributed by atoms with E-state index in [9.17, 15) is 0 Å². The van der Waals surface area contributed by atoms with E-state index >= 15 is 0 Å². The van der Waals surface area contributed by atoms with Gasteiger partial charge in [-0.05, 0) is 0 Å². The Morgan fingerprint density at radius 1 is 0.500 bits per heavy atom. The van der Waals surface area contributed by atoms with Crippen molar-refractivity contribution in [3.63, 3.8) is 0 Å². The van der Waals surface area contributed by atoms with Crippen LogP contribution in [0, 0.1) is 0 Å². The van der Waals surface area contributed by atoms with Crippen molar-refractivity contribution in [1.29, 1.82) is 0 Å². The third kappa shape index (κ3) is 189. The van der Waals surface area contributed by atoms with Gasteiger partial charge in [0.15, 0.2) is 0 Å². The topological polar surface area (TPSA) is 657 Å². The molecule has 2 heterocycles. The van der Waals surface area contributed by atoms with E-state index in [2.05, 4.69) is 19.9 Å². The van der Waals surface area contributed by atoms with Crippen LogP contribution in [0.15, 0.2) is 37.2 Å². The van der Waals surface area contributed by atoms with Crippen molar-refractivity contribution in [1.82, 2.24) is 19.9 Å². The first-order chi connectivity index (χ1) is 10.8. The van der Waals surface area contributed by atoms with Gasteiger partial charge in [-0.2, -0.15) is 0 Å². The molecule has 0 spiro atoms. The summed E-state index contributed by atoms with van der Waals surface area (Å²) in [7, 11) is -10.3. The molecule has 26 nitrogen and oxygen atoms in total. The summed E-state index contributed by atoms with van der Waals surface area (Å²) in [5.41, 5.74) is 10.4. The Morgan fingerprint density at radius 2 is 0.658 bits per heavy atom. The SMILES string of the molecule is Nc1cnccn1.Nc1cnccn1.O.O.O=S(=O)([O-])[O-].O=S(=O)([O-])[O-].[Co+2].[Co+2].[OH3+].[OH3+].[OH3+].[OH3+].[OH3+].[OH3+].[OH3+].[OH3+].[OH3+].[OH3+]. The van der Waals surface area contributed by atoms with Gasteiger partial charge in [-0.3, -0.25) is 26.8 Å². The molecule has 0 unspecified atom stereocenters. The largest absolute Gasteiger partial charge is 2.00 e. The minimum atomic E-state index is -5.17. The summed E-state index contributed by atoms with van der Waals surface area (Å²) in [4.78, 5) is 14.8. The second-order valence-corrected chi connectivity index (χ2v) is 4.71. The summed E-state index contributed by atoms with van der Waals surface area (Å²) in [6.45, 7) is 0. The van der Waals surface area contributed by atoms with Gasteiger partial charge in [0, 0.05) is 45.6 Å². The van der Waals surface area contributed by atoms with Crippen molar-refractivity contribution in [2.75, 3.05) is 11.5 Å². The fourth-order valence-electron chi connectivity index (χ4n) is 0.621. The first kappa shape index (κ1) is 110. The van der Waals surface area contributed by atoms with E-state index in [1.54, 1.807) is 24.8 Å². The third-order valence-corrected chi connectivity index (χ3v) is 1.17. The maximum Gasteiger partial charge on any atom is 2.00 e. The van der Waals surface area contributed by atoms with Gasteiger partial charge in [-0.25, -0.2) is 9.97 Å². The van der Waals surface area contributed by atoms with Gasteiger partial charge in [0.25, 0.3) is 0 Å². The van der Waals surface area contributed by atoms with Crippen LogP contribution in [0.5, 0.6) is 0 Å². The quantitative estimate of drug-likeness (QED) is 0.145. The molecule has 0 aromatic carbocycles. The van der Waals surface area contributed by atoms with Crippen LogP contribution >= 0.6 is 0 Å². The summed E-state index contributed by atoms with van der Waals surface area (Å²) >= 11 is 0. The first-order valence-corrected chi connectivity index (χ1v) is 7.82.